The summed E-state index contributed by atoms with van der Waals surface area (Å²) in [7, 11) is 0. The minimum Gasteiger partial charge on any atom is -0.448 e. The molecule has 3 nitrogen and oxygen atoms in total. The molecule has 1 saturated heterocycles. The Hall–Kier alpha value is -1.04. The van der Waals surface area contributed by atoms with E-state index in [1.54, 1.807) is 0 Å². The molecule has 0 aliphatic carbocycles. The van der Waals surface area contributed by atoms with E-state index in [2.05, 4.69) is 10.3 Å². The second-order valence-corrected chi connectivity index (χ2v) is 3.69. The Balaban J connectivity index is 2.00. The number of aromatic nitrogens is 1. The zero-order valence-corrected chi connectivity index (χ0v) is 7.97. The highest BCUT2D eigenvalue weighted by Crippen LogP contribution is 2.28. The quantitative estimate of drug-likeness (QED) is 0.826. The molecule has 0 aromatic carbocycles. The van der Waals surface area contributed by atoms with Gasteiger partial charge in [-0.1, -0.05) is 0 Å². The molecule has 0 amide bonds. The first-order valence-electron chi connectivity index (χ1n) is 4.78. The van der Waals surface area contributed by atoms with Crippen LogP contribution in [-0.4, -0.2) is 18.1 Å². The van der Waals surface area contributed by atoms with E-state index < -0.39 is 11.9 Å². The van der Waals surface area contributed by atoms with Crippen LogP contribution in [0.25, 0.3) is 0 Å². The lowest BCUT2D eigenvalue weighted by Crippen LogP contribution is -2.11. The molecule has 1 unspecified atom stereocenters. The van der Waals surface area contributed by atoms with Crippen molar-refractivity contribution in [2.24, 2.45) is 5.92 Å². The standard InChI is InChI=1S/C9H11F3N2O/c10-9(11,12)7-5-15-8(14-7)3-6-1-2-13-4-6/h5-6,13H,1-4H2. The minimum absolute atomic E-state index is 0.177. The molecule has 1 aromatic heterocycles. The second-order valence-electron chi connectivity index (χ2n) is 3.69. The molecule has 1 atom stereocenters. The molecule has 1 aliphatic rings. The van der Waals surface area contributed by atoms with E-state index in [0.29, 0.717) is 18.6 Å². The molecular formula is C9H11F3N2O. The largest absolute Gasteiger partial charge is 0.448 e. The van der Waals surface area contributed by atoms with Crippen LogP contribution in [0.3, 0.4) is 0 Å². The second kappa shape index (κ2) is 3.84. The average Bonchev–Trinajstić information content (AvgIpc) is 2.73. The van der Waals surface area contributed by atoms with Gasteiger partial charge in [0.2, 0.25) is 0 Å². The smallest absolute Gasteiger partial charge is 0.436 e. The van der Waals surface area contributed by atoms with Crippen LogP contribution in [0.2, 0.25) is 0 Å². The Labute approximate surface area is 84.7 Å². The van der Waals surface area contributed by atoms with E-state index in [1.165, 1.54) is 0 Å². The van der Waals surface area contributed by atoms with Crippen LogP contribution >= 0.6 is 0 Å². The Morgan fingerprint density at radius 2 is 2.33 bits per heavy atom. The SMILES string of the molecule is FC(F)(F)c1coc(CC2CCNC2)n1. The lowest BCUT2D eigenvalue weighted by atomic mass is 10.1. The molecule has 0 saturated carbocycles. The number of oxazole rings is 1. The van der Waals surface area contributed by atoms with Crippen molar-refractivity contribution < 1.29 is 17.6 Å². The Kier molecular flexibility index (Phi) is 2.68. The summed E-state index contributed by atoms with van der Waals surface area (Å²) in [6, 6.07) is 0. The maximum absolute atomic E-state index is 12.2. The third kappa shape index (κ3) is 2.50. The van der Waals surface area contributed by atoms with Crippen molar-refractivity contribution in [2.75, 3.05) is 13.1 Å². The molecule has 1 aromatic rings. The molecule has 1 N–H and O–H groups in total. The van der Waals surface area contributed by atoms with Gasteiger partial charge in [0.15, 0.2) is 11.6 Å². The molecule has 2 rings (SSSR count). The van der Waals surface area contributed by atoms with E-state index in [1.807, 2.05) is 0 Å². The molecule has 1 fully saturated rings. The van der Waals surface area contributed by atoms with E-state index in [-0.39, 0.29) is 5.89 Å². The average molecular weight is 220 g/mol. The zero-order valence-electron chi connectivity index (χ0n) is 7.97. The fourth-order valence-corrected chi connectivity index (χ4v) is 1.67. The van der Waals surface area contributed by atoms with Crippen LogP contribution in [0.1, 0.15) is 18.0 Å². The molecular weight excluding hydrogens is 209 g/mol. The molecule has 2 heterocycles. The van der Waals surface area contributed by atoms with Gasteiger partial charge in [0, 0.05) is 6.42 Å². The number of rotatable bonds is 2. The first-order valence-corrected chi connectivity index (χ1v) is 4.78. The molecule has 15 heavy (non-hydrogen) atoms. The zero-order chi connectivity index (χ0) is 10.9. The van der Waals surface area contributed by atoms with Crippen LogP contribution in [0, 0.1) is 5.92 Å². The highest BCUT2D eigenvalue weighted by Gasteiger charge is 2.35. The van der Waals surface area contributed by atoms with Crippen molar-refractivity contribution in [2.45, 2.75) is 19.0 Å². The third-order valence-electron chi connectivity index (χ3n) is 2.47. The Bertz CT molecular complexity index is 328. The van der Waals surface area contributed by atoms with Gasteiger partial charge in [0.25, 0.3) is 0 Å². The summed E-state index contributed by atoms with van der Waals surface area (Å²) in [5.74, 6) is 0.515. The highest BCUT2D eigenvalue weighted by molar-refractivity contribution is 5.01. The van der Waals surface area contributed by atoms with Gasteiger partial charge in [-0.2, -0.15) is 13.2 Å². The predicted octanol–water partition coefficient (Wildman–Crippen LogP) is 1.85. The minimum atomic E-state index is -4.41. The van der Waals surface area contributed by atoms with Crippen molar-refractivity contribution >= 4 is 0 Å². The molecule has 0 radical (unpaired) electrons. The van der Waals surface area contributed by atoms with E-state index in [4.69, 9.17) is 4.42 Å². The van der Waals surface area contributed by atoms with Crippen molar-refractivity contribution in [3.8, 4) is 0 Å². The first kappa shape index (κ1) is 10.5. The van der Waals surface area contributed by atoms with Crippen molar-refractivity contribution in [1.82, 2.24) is 10.3 Å². The van der Waals surface area contributed by atoms with Crippen LogP contribution in [0.4, 0.5) is 13.2 Å². The monoisotopic (exact) mass is 220 g/mol. The first-order chi connectivity index (χ1) is 7.05. The van der Waals surface area contributed by atoms with Crippen LogP contribution < -0.4 is 5.32 Å². The van der Waals surface area contributed by atoms with Gasteiger partial charge in [-0.15, -0.1) is 0 Å². The number of alkyl halides is 3. The van der Waals surface area contributed by atoms with Crippen molar-refractivity contribution in [1.29, 1.82) is 0 Å². The lowest BCUT2D eigenvalue weighted by molar-refractivity contribution is -0.141. The van der Waals surface area contributed by atoms with Crippen LogP contribution in [0.5, 0.6) is 0 Å². The summed E-state index contributed by atoms with van der Waals surface area (Å²) >= 11 is 0. The van der Waals surface area contributed by atoms with E-state index >= 15 is 0 Å². The normalized spacial score (nSPS) is 22.2. The predicted molar refractivity (Wildman–Crippen MR) is 46.2 cm³/mol. The van der Waals surface area contributed by atoms with E-state index in [9.17, 15) is 13.2 Å². The Morgan fingerprint density at radius 3 is 2.87 bits per heavy atom. The topological polar surface area (TPSA) is 38.1 Å². The van der Waals surface area contributed by atoms with Gasteiger partial charge >= 0.3 is 6.18 Å². The lowest BCUT2D eigenvalue weighted by Gasteiger charge is -2.03. The van der Waals surface area contributed by atoms with Gasteiger partial charge in [0.1, 0.15) is 6.26 Å². The number of hydrogen-bond acceptors (Lipinski definition) is 3. The maximum Gasteiger partial charge on any atom is 0.436 e. The Morgan fingerprint density at radius 1 is 1.53 bits per heavy atom. The van der Waals surface area contributed by atoms with Gasteiger partial charge in [-0.25, -0.2) is 4.98 Å². The van der Waals surface area contributed by atoms with Gasteiger partial charge in [-0.05, 0) is 25.4 Å². The summed E-state index contributed by atoms with van der Waals surface area (Å²) in [4.78, 5) is 3.43. The summed E-state index contributed by atoms with van der Waals surface area (Å²) < 4.78 is 41.3. The van der Waals surface area contributed by atoms with Crippen molar-refractivity contribution in [3.05, 3.63) is 17.8 Å². The highest BCUT2D eigenvalue weighted by atomic mass is 19.4. The van der Waals surface area contributed by atoms with Gasteiger partial charge in [-0.3, -0.25) is 0 Å². The van der Waals surface area contributed by atoms with E-state index in [0.717, 1.165) is 19.5 Å². The number of nitrogens with zero attached hydrogens (tertiary/aromatic N) is 1. The molecule has 6 heteroatoms. The molecule has 1 aliphatic heterocycles. The summed E-state index contributed by atoms with van der Waals surface area (Å²) in [6.07, 6.45) is -2.29. The molecule has 0 bridgehead atoms. The number of halogens is 3. The van der Waals surface area contributed by atoms with Crippen molar-refractivity contribution in [3.63, 3.8) is 0 Å². The summed E-state index contributed by atoms with van der Waals surface area (Å²) in [6.45, 7) is 1.74. The summed E-state index contributed by atoms with van der Waals surface area (Å²) in [5, 5.41) is 3.14. The molecule has 84 valence electrons. The van der Waals surface area contributed by atoms with Crippen LogP contribution in [-0.2, 0) is 12.6 Å². The third-order valence-corrected chi connectivity index (χ3v) is 2.47. The van der Waals surface area contributed by atoms with Gasteiger partial charge in [0.05, 0.1) is 0 Å². The van der Waals surface area contributed by atoms with Crippen LogP contribution in [0.15, 0.2) is 10.7 Å². The fourth-order valence-electron chi connectivity index (χ4n) is 1.67. The summed E-state index contributed by atoms with van der Waals surface area (Å²) in [5.41, 5.74) is -0.941. The maximum atomic E-state index is 12.2. The van der Waals surface area contributed by atoms with Gasteiger partial charge < -0.3 is 9.73 Å². The fraction of sp³-hybridized carbons (Fsp3) is 0.667. The number of nitrogens with one attached hydrogen (secondary N) is 1. The molecule has 0 spiro atoms. The number of hydrogen-bond donors (Lipinski definition) is 1.